The third-order valence-corrected chi connectivity index (χ3v) is 2.45. The summed E-state index contributed by atoms with van der Waals surface area (Å²) in [5.74, 6) is 0.565. The SMILES string of the molecule is CCOC(CCCl)OCCc1ccccc1. The Hall–Kier alpha value is -0.570. The lowest BCUT2D eigenvalue weighted by atomic mass is 10.2. The average molecular weight is 243 g/mol. The molecular weight excluding hydrogens is 224 g/mol. The van der Waals surface area contributed by atoms with E-state index in [1.54, 1.807) is 0 Å². The maximum absolute atomic E-state index is 5.67. The monoisotopic (exact) mass is 242 g/mol. The highest BCUT2D eigenvalue weighted by Gasteiger charge is 2.07. The van der Waals surface area contributed by atoms with Gasteiger partial charge in [0, 0.05) is 18.9 Å². The molecule has 0 N–H and O–H groups in total. The van der Waals surface area contributed by atoms with Gasteiger partial charge in [-0.2, -0.15) is 0 Å². The van der Waals surface area contributed by atoms with Gasteiger partial charge in [0.1, 0.15) is 0 Å². The molecule has 0 saturated carbocycles. The van der Waals surface area contributed by atoms with Crippen molar-refractivity contribution in [2.75, 3.05) is 19.1 Å². The summed E-state index contributed by atoms with van der Waals surface area (Å²) in [6.45, 7) is 3.29. The van der Waals surface area contributed by atoms with Crippen molar-refractivity contribution in [3.05, 3.63) is 35.9 Å². The Morgan fingerprint density at radius 1 is 1.19 bits per heavy atom. The lowest BCUT2D eigenvalue weighted by Gasteiger charge is -2.16. The molecule has 0 aliphatic carbocycles. The molecule has 0 aliphatic heterocycles. The lowest BCUT2D eigenvalue weighted by molar-refractivity contribution is -0.139. The van der Waals surface area contributed by atoms with Crippen molar-refractivity contribution in [1.29, 1.82) is 0 Å². The largest absolute Gasteiger partial charge is 0.353 e. The Labute approximate surface area is 103 Å². The molecule has 1 unspecified atom stereocenters. The summed E-state index contributed by atoms with van der Waals surface area (Å²) in [7, 11) is 0. The van der Waals surface area contributed by atoms with Gasteiger partial charge in [-0.1, -0.05) is 30.3 Å². The second-order valence-electron chi connectivity index (χ2n) is 3.47. The highest BCUT2D eigenvalue weighted by atomic mass is 35.5. The summed E-state index contributed by atoms with van der Waals surface area (Å²) < 4.78 is 11.0. The predicted octanol–water partition coefficient (Wildman–Crippen LogP) is 3.24. The molecule has 90 valence electrons. The Morgan fingerprint density at radius 2 is 1.94 bits per heavy atom. The van der Waals surface area contributed by atoms with Gasteiger partial charge in [-0.05, 0) is 18.9 Å². The number of hydrogen-bond donors (Lipinski definition) is 0. The van der Waals surface area contributed by atoms with E-state index >= 15 is 0 Å². The van der Waals surface area contributed by atoms with E-state index in [4.69, 9.17) is 21.1 Å². The topological polar surface area (TPSA) is 18.5 Å². The van der Waals surface area contributed by atoms with E-state index in [0.717, 1.165) is 12.8 Å². The van der Waals surface area contributed by atoms with Crippen LogP contribution in [-0.4, -0.2) is 25.4 Å². The van der Waals surface area contributed by atoms with Crippen LogP contribution in [0.15, 0.2) is 30.3 Å². The lowest BCUT2D eigenvalue weighted by Crippen LogP contribution is -2.19. The highest BCUT2D eigenvalue weighted by Crippen LogP contribution is 2.05. The molecule has 1 rings (SSSR count). The number of ether oxygens (including phenoxy) is 2. The Balaban J connectivity index is 2.22. The fraction of sp³-hybridized carbons (Fsp3) is 0.538. The first kappa shape index (κ1) is 13.5. The molecule has 1 aromatic carbocycles. The van der Waals surface area contributed by atoms with Crippen LogP contribution in [0.5, 0.6) is 0 Å². The summed E-state index contributed by atoms with van der Waals surface area (Å²) in [5.41, 5.74) is 1.28. The minimum atomic E-state index is -0.161. The van der Waals surface area contributed by atoms with Gasteiger partial charge in [0.15, 0.2) is 6.29 Å². The standard InChI is InChI=1S/C13H19ClO2/c1-2-15-13(8-10-14)16-11-9-12-6-4-3-5-7-12/h3-7,13H,2,8-11H2,1H3. The Kier molecular flexibility index (Phi) is 7.23. The van der Waals surface area contributed by atoms with Crippen molar-refractivity contribution in [2.24, 2.45) is 0 Å². The van der Waals surface area contributed by atoms with Crippen LogP contribution in [0.4, 0.5) is 0 Å². The van der Waals surface area contributed by atoms with Crippen molar-refractivity contribution in [1.82, 2.24) is 0 Å². The van der Waals surface area contributed by atoms with Crippen molar-refractivity contribution < 1.29 is 9.47 Å². The van der Waals surface area contributed by atoms with Gasteiger partial charge in [0.2, 0.25) is 0 Å². The van der Waals surface area contributed by atoms with Crippen LogP contribution in [0, 0.1) is 0 Å². The molecule has 0 radical (unpaired) electrons. The van der Waals surface area contributed by atoms with E-state index in [1.165, 1.54) is 5.56 Å². The van der Waals surface area contributed by atoms with Gasteiger partial charge in [0.25, 0.3) is 0 Å². The van der Waals surface area contributed by atoms with Gasteiger partial charge in [-0.15, -0.1) is 11.6 Å². The molecule has 0 heterocycles. The molecule has 2 nitrogen and oxygen atoms in total. The smallest absolute Gasteiger partial charge is 0.158 e. The highest BCUT2D eigenvalue weighted by molar-refractivity contribution is 6.17. The van der Waals surface area contributed by atoms with E-state index in [1.807, 2.05) is 25.1 Å². The van der Waals surface area contributed by atoms with Crippen LogP contribution >= 0.6 is 11.6 Å². The summed E-state index contributed by atoms with van der Waals surface area (Å²) in [6, 6.07) is 10.3. The second kappa shape index (κ2) is 8.57. The fourth-order valence-corrected chi connectivity index (χ4v) is 1.62. The molecule has 1 atom stereocenters. The molecule has 0 fully saturated rings. The molecule has 0 aliphatic rings. The third-order valence-electron chi connectivity index (χ3n) is 2.23. The summed E-state index contributed by atoms with van der Waals surface area (Å²) in [6.07, 6.45) is 1.49. The molecular formula is C13H19ClO2. The molecule has 0 spiro atoms. The first-order valence-corrected chi connectivity index (χ1v) is 6.23. The summed E-state index contributed by atoms with van der Waals surface area (Å²) in [5, 5.41) is 0. The molecule has 3 heteroatoms. The van der Waals surface area contributed by atoms with E-state index in [-0.39, 0.29) is 6.29 Å². The van der Waals surface area contributed by atoms with E-state index in [2.05, 4.69) is 12.1 Å². The molecule has 16 heavy (non-hydrogen) atoms. The minimum absolute atomic E-state index is 0.161. The Bertz CT molecular complexity index is 258. The van der Waals surface area contributed by atoms with Gasteiger partial charge in [-0.3, -0.25) is 0 Å². The van der Waals surface area contributed by atoms with Crippen LogP contribution in [0.2, 0.25) is 0 Å². The normalized spacial score (nSPS) is 12.6. The summed E-state index contributed by atoms with van der Waals surface area (Å²) in [4.78, 5) is 0. The zero-order valence-electron chi connectivity index (χ0n) is 9.69. The zero-order chi connectivity index (χ0) is 11.6. The Morgan fingerprint density at radius 3 is 2.56 bits per heavy atom. The summed E-state index contributed by atoms with van der Waals surface area (Å²) >= 11 is 5.67. The van der Waals surface area contributed by atoms with Crippen LogP contribution < -0.4 is 0 Å². The van der Waals surface area contributed by atoms with Crippen molar-refractivity contribution in [3.63, 3.8) is 0 Å². The number of rotatable bonds is 8. The van der Waals surface area contributed by atoms with Crippen LogP contribution in [0.3, 0.4) is 0 Å². The molecule has 0 saturated heterocycles. The first-order chi connectivity index (χ1) is 7.86. The van der Waals surface area contributed by atoms with Crippen molar-refractivity contribution in [3.8, 4) is 0 Å². The van der Waals surface area contributed by atoms with Gasteiger partial charge in [-0.25, -0.2) is 0 Å². The number of hydrogen-bond acceptors (Lipinski definition) is 2. The maximum atomic E-state index is 5.67. The third kappa shape index (κ3) is 5.50. The maximum Gasteiger partial charge on any atom is 0.158 e. The van der Waals surface area contributed by atoms with Crippen molar-refractivity contribution in [2.45, 2.75) is 26.1 Å². The van der Waals surface area contributed by atoms with Crippen molar-refractivity contribution >= 4 is 11.6 Å². The van der Waals surface area contributed by atoms with Crippen LogP contribution in [0.1, 0.15) is 18.9 Å². The molecule has 0 amide bonds. The minimum Gasteiger partial charge on any atom is -0.353 e. The van der Waals surface area contributed by atoms with Gasteiger partial charge in [0.05, 0.1) is 6.61 Å². The fourth-order valence-electron chi connectivity index (χ4n) is 1.44. The number of halogens is 1. The first-order valence-electron chi connectivity index (χ1n) is 5.70. The molecule has 0 aromatic heterocycles. The average Bonchev–Trinajstić information content (AvgIpc) is 2.31. The zero-order valence-corrected chi connectivity index (χ0v) is 10.5. The second-order valence-corrected chi connectivity index (χ2v) is 3.85. The van der Waals surface area contributed by atoms with Gasteiger partial charge >= 0.3 is 0 Å². The quantitative estimate of drug-likeness (QED) is 0.515. The number of alkyl halides is 1. The van der Waals surface area contributed by atoms with E-state index in [0.29, 0.717) is 19.1 Å². The van der Waals surface area contributed by atoms with Crippen LogP contribution in [-0.2, 0) is 15.9 Å². The van der Waals surface area contributed by atoms with E-state index in [9.17, 15) is 0 Å². The van der Waals surface area contributed by atoms with E-state index < -0.39 is 0 Å². The number of benzene rings is 1. The van der Waals surface area contributed by atoms with Gasteiger partial charge < -0.3 is 9.47 Å². The molecule has 1 aromatic rings. The molecule has 0 bridgehead atoms. The predicted molar refractivity (Wildman–Crippen MR) is 66.8 cm³/mol. The van der Waals surface area contributed by atoms with Crippen LogP contribution in [0.25, 0.3) is 0 Å².